The second kappa shape index (κ2) is 6.08. The van der Waals surface area contributed by atoms with Gasteiger partial charge in [-0.2, -0.15) is 0 Å². The average Bonchev–Trinajstić information content (AvgIpc) is 2.45. The Bertz CT molecular complexity index is 754. The summed E-state index contributed by atoms with van der Waals surface area (Å²) in [4.78, 5) is 0.274. The van der Waals surface area contributed by atoms with Gasteiger partial charge in [-0.3, -0.25) is 0 Å². The molecule has 0 heterocycles. The van der Waals surface area contributed by atoms with E-state index in [0.29, 0.717) is 0 Å². The van der Waals surface area contributed by atoms with Crippen LogP contribution in [0.25, 0.3) is 0 Å². The Morgan fingerprint density at radius 1 is 1.10 bits per heavy atom. The molecule has 112 valence electrons. The highest BCUT2D eigenvalue weighted by atomic mass is 35.5. The standard InChI is InChI=1S/C16H17ClO3S/c1-11-9-13(7-8-15(11)20-2)16(17)12-5-4-6-14(10-12)21(3,18)19/h4-10,16H,1-3H3. The van der Waals surface area contributed by atoms with Crippen LogP contribution in [0.5, 0.6) is 5.75 Å². The quantitative estimate of drug-likeness (QED) is 0.805. The molecule has 3 nitrogen and oxygen atoms in total. The van der Waals surface area contributed by atoms with E-state index in [-0.39, 0.29) is 4.90 Å². The van der Waals surface area contributed by atoms with Crippen molar-refractivity contribution >= 4 is 21.4 Å². The first kappa shape index (κ1) is 15.9. The number of benzene rings is 2. The lowest BCUT2D eigenvalue weighted by Crippen LogP contribution is -2.00. The fourth-order valence-electron chi connectivity index (χ4n) is 2.15. The van der Waals surface area contributed by atoms with Crippen LogP contribution in [0.3, 0.4) is 0 Å². The summed E-state index contributed by atoms with van der Waals surface area (Å²) < 4.78 is 28.5. The Balaban J connectivity index is 2.40. The van der Waals surface area contributed by atoms with E-state index in [1.54, 1.807) is 25.3 Å². The maximum atomic E-state index is 11.6. The fourth-order valence-corrected chi connectivity index (χ4v) is 3.10. The summed E-state index contributed by atoms with van der Waals surface area (Å²) >= 11 is 6.49. The molecule has 0 spiro atoms. The molecule has 5 heteroatoms. The first-order chi connectivity index (χ1) is 9.82. The summed E-state index contributed by atoms with van der Waals surface area (Å²) in [5.41, 5.74) is 2.64. The summed E-state index contributed by atoms with van der Waals surface area (Å²) in [7, 11) is -1.62. The minimum absolute atomic E-state index is 0.274. The molecule has 1 atom stereocenters. The van der Waals surface area contributed by atoms with Gasteiger partial charge in [-0.1, -0.05) is 24.3 Å². The molecule has 0 saturated heterocycles. The maximum absolute atomic E-state index is 11.6. The Hall–Kier alpha value is -1.52. The van der Waals surface area contributed by atoms with E-state index in [2.05, 4.69) is 0 Å². The van der Waals surface area contributed by atoms with Crippen LogP contribution in [0.4, 0.5) is 0 Å². The van der Waals surface area contributed by atoms with Gasteiger partial charge in [0.15, 0.2) is 9.84 Å². The van der Waals surface area contributed by atoms with Crippen LogP contribution in [-0.2, 0) is 9.84 Å². The van der Waals surface area contributed by atoms with Gasteiger partial charge in [0.1, 0.15) is 5.75 Å². The summed E-state index contributed by atoms with van der Waals surface area (Å²) in [6, 6.07) is 12.4. The predicted molar refractivity (Wildman–Crippen MR) is 85.0 cm³/mol. The molecule has 0 radical (unpaired) electrons. The highest BCUT2D eigenvalue weighted by Gasteiger charge is 2.15. The average molecular weight is 325 g/mol. The maximum Gasteiger partial charge on any atom is 0.175 e. The molecule has 2 aromatic carbocycles. The Kier molecular flexibility index (Phi) is 4.59. The van der Waals surface area contributed by atoms with Crippen molar-refractivity contribution in [1.82, 2.24) is 0 Å². The Labute approximate surface area is 130 Å². The van der Waals surface area contributed by atoms with Crippen LogP contribution in [0, 0.1) is 6.92 Å². The van der Waals surface area contributed by atoms with E-state index in [1.165, 1.54) is 6.26 Å². The second-order valence-electron chi connectivity index (χ2n) is 4.94. The minimum atomic E-state index is -3.24. The number of methoxy groups -OCH3 is 1. The third-order valence-electron chi connectivity index (χ3n) is 3.29. The van der Waals surface area contributed by atoms with Crippen molar-refractivity contribution < 1.29 is 13.2 Å². The molecule has 0 fully saturated rings. The van der Waals surface area contributed by atoms with Crippen LogP contribution < -0.4 is 4.74 Å². The molecule has 2 rings (SSSR count). The summed E-state index contributed by atoms with van der Waals surface area (Å²) in [5, 5.41) is -0.406. The Morgan fingerprint density at radius 3 is 2.33 bits per heavy atom. The summed E-state index contributed by atoms with van der Waals surface area (Å²) in [6.07, 6.45) is 1.19. The lowest BCUT2D eigenvalue weighted by atomic mass is 10.0. The van der Waals surface area contributed by atoms with E-state index in [9.17, 15) is 8.42 Å². The lowest BCUT2D eigenvalue weighted by Gasteiger charge is -2.13. The number of aryl methyl sites for hydroxylation is 1. The molecule has 1 unspecified atom stereocenters. The van der Waals surface area contributed by atoms with Crippen molar-refractivity contribution in [2.45, 2.75) is 17.2 Å². The summed E-state index contributed by atoms with van der Waals surface area (Å²) in [6.45, 7) is 1.94. The number of ether oxygens (including phenoxy) is 1. The molecule has 0 bridgehead atoms. The molecule has 0 amide bonds. The summed E-state index contributed by atoms with van der Waals surface area (Å²) in [5.74, 6) is 0.799. The lowest BCUT2D eigenvalue weighted by molar-refractivity contribution is 0.411. The number of rotatable bonds is 4. The van der Waals surface area contributed by atoms with Crippen LogP contribution in [-0.4, -0.2) is 21.8 Å². The van der Waals surface area contributed by atoms with Crippen LogP contribution >= 0.6 is 11.6 Å². The third-order valence-corrected chi connectivity index (χ3v) is 4.90. The molecule has 0 aliphatic carbocycles. The van der Waals surface area contributed by atoms with Crippen LogP contribution in [0.2, 0.25) is 0 Å². The highest BCUT2D eigenvalue weighted by Crippen LogP contribution is 2.32. The molecule has 0 N–H and O–H groups in total. The highest BCUT2D eigenvalue weighted by molar-refractivity contribution is 7.90. The number of hydrogen-bond donors (Lipinski definition) is 0. The van der Waals surface area contributed by atoms with Gasteiger partial charge in [0, 0.05) is 6.26 Å². The molecule has 2 aromatic rings. The van der Waals surface area contributed by atoms with E-state index >= 15 is 0 Å². The van der Waals surface area contributed by atoms with Gasteiger partial charge in [0.05, 0.1) is 17.4 Å². The van der Waals surface area contributed by atoms with Gasteiger partial charge in [-0.05, 0) is 41.8 Å². The number of halogens is 1. The zero-order chi connectivity index (χ0) is 15.6. The first-order valence-electron chi connectivity index (χ1n) is 6.41. The van der Waals surface area contributed by atoms with Crippen LogP contribution in [0.1, 0.15) is 22.1 Å². The van der Waals surface area contributed by atoms with Crippen molar-refractivity contribution in [2.75, 3.05) is 13.4 Å². The number of hydrogen-bond acceptors (Lipinski definition) is 3. The molecule has 0 aliphatic rings. The van der Waals surface area contributed by atoms with Gasteiger partial charge < -0.3 is 4.74 Å². The van der Waals surface area contributed by atoms with Crippen molar-refractivity contribution in [3.63, 3.8) is 0 Å². The van der Waals surface area contributed by atoms with Crippen molar-refractivity contribution in [3.05, 3.63) is 59.2 Å². The van der Waals surface area contributed by atoms with Gasteiger partial charge in [-0.15, -0.1) is 11.6 Å². The minimum Gasteiger partial charge on any atom is -0.496 e. The molecule has 0 aromatic heterocycles. The molecular weight excluding hydrogens is 308 g/mol. The smallest absolute Gasteiger partial charge is 0.175 e. The Morgan fingerprint density at radius 2 is 1.76 bits per heavy atom. The number of sulfone groups is 1. The van der Waals surface area contributed by atoms with Gasteiger partial charge in [-0.25, -0.2) is 8.42 Å². The zero-order valence-corrected chi connectivity index (χ0v) is 13.7. The van der Waals surface area contributed by atoms with E-state index in [4.69, 9.17) is 16.3 Å². The SMILES string of the molecule is COc1ccc(C(Cl)c2cccc(S(C)(=O)=O)c2)cc1C. The monoisotopic (exact) mass is 324 g/mol. The molecule has 0 aliphatic heterocycles. The topological polar surface area (TPSA) is 43.4 Å². The fraction of sp³-hybridized carbons (Fsp3) is 0.250. The predicted octanol–water partition coefficient (Wildman–Crippen LogP) is 3.74. The van der Waals surface area contributed by atoms with Gasteiger partial charge >= 0.3 is 0 Å². The van der Waals surface area contributed by atoms with E-state index < -0.39 is 15.2 Å². The van der Waals surface area contributed by atoms with Crippen molar-refractivity contribution in [1.29, 1.82) is 0 Å². The van der Waals surface area contributed by atoms with Gasteiger partial charge in [0.25, 0.3) is 0 Å². The largest absolute Gasteiger partial charge is 0.496 e. The number of alkyl halides is 1. The first-order valence-corrected chi connectivity index (χ1v) is 8.74. The molecular formula is C16H17ClO3S. The second-order valence-corrected chi connectivity index (χ2v) is 7.39. The van der Waals surface area contributed by atoms with Crippen molar-refractivity contribution in [3.8, 4) is 5.75 Å². The van der Waals surface area contributed by atoms with Crippen LogP contribution in [0.15, 0.2) is 47.4 Å². The normalized spacial score (nSPS) is 13.0. The van der Waals surface area contributed by atoms with Gasteiger partial charge in [0.2, 0.25) is 0 Å². The zero-order valence-electron chi connectivity index (χ0n) is 12.1. The molecule has 0 saturated carbocycles. The van der Waals surface area contributed by atoms with E-state index in [0.717, 1.165) is 22.4 Å². The molecule has 21 heavy (non-hydrogen) atoms. The van der Waals surface area contributed by atoms with E-state index in [1.807, 2.05) is 31.2 Å². The third kappa shape index (κ3) is 3.57. The van der Waals surface area contributed by atoms with Crippen molar-refractivity contribution in [2.24, 2.45) is 0 Å².